The van der Waals surface area contributed by atoms with Crippen molar-refractivity contribution < 1.29 is 13.9 Å². The van der Waals surface area contributed by atoms with Crippen molar-refractivity contribution in [1.82, 2.24) is 9.55 Å². The highest BCUT2D eigenvalue weighted by Crippen LogP contribution is 2.21. The summed E-state index contributed by atoms with van der Waals surface area (Å²) in [6.45, 7) is 0.975. The molecule has 20 heavy (non-hydrogen) atoms. The molecule has 2 rings (SSSR count). The van der Waals surface area contributed by atoms with Gasteiger partial charge in [0.15, 0.2) is 0 Å². The molecule has 0 saturated carbocycles. The number of halogens is 2. The van der Waals surface area contributed by atoms with E-state index in [1.54, 1.807) is 23.0 Å². The molecule has 0 unspecified atom stereocenters. The highest BCUT2D eigenvalue weighted by molar-refractivity contribution is 6.30. The number of nitrogens with zero attached hydrogens (tertiary/aromatic N) is 2. The summed E-state index contributed by atoms with van der Waals surface area (Å²) in [5.41, 5.74) is 1.27. The highest BCUT2D eigenvalue weighted by atomic mass is 35.5. The van der Waals surface area contributed by atoms with Crippen LogP contribution in [-0.4, -0.2) is 28.8 Å². The van der Waals surface area contributed by atoms with Crippen LogP contribution in [0.4, 0.5) is 4.39 Å². The number of hydrogen-bond donors (Lipinski definition) is 0. The Hall–Kier alpha value is -1.88. The summed E-state index contributed by atoms with van der Waals surface area (Å²) in [6, 6.07) is 7.21. The fourth-order valence-electron chi connectivity index (χ4n) is 1.88. The number of carbonyl (C=O) groups excluding carboxylic acids is 1. The second-order valence-corrected chi connectivity index (χ2v) is 4.68. The van der Waals surface area contributed by atoms with Gasteiger partial charge in [-0.1, -0.05) is 23.7 Å². The Bertz CT molecular complexity index is 583. The maximum Gasteiger partial charge on any atom is 0.356 e. The lowest BCUT2D eigenvalue weighted by atomic mass is 10.1. The molecule has 0 spiro atoms. The maximum atomic E-state index is 12.0. The minimum absolute atomic E-state index is 0.109. The molecular formula is C14H14ClFN2O2. The van der Waals surface area contributed by atoms with Gasteiger partial charge in [0.05, 0.1) is 18.6 Å². The summed E-state index contributed by atoms with van der Waals surface area (Å²) in [5.74, 6) is -0.582. The molecule has 0 aliphatic heterocycles. The van der Waals surface area contributed by atoms with Gasteiger partial charge in [-0.3, -0.25) is 0 Å². The predicted octanol–water partition coefficient (Wildman–Crippen LogP) is 3.27. The van der Waals surface area contributed by atoms with Gasteiger partial charge in [0.1, 0.15) is 19.0 Å². The number of carbonyl (C=O) groups is 1. The van der Waals surface area contributed by atoms with Crippen molar-refractivity contribution in [2.45, 2.75) is 13.0 Å². The molecule has 2 aromatic rings. The number of alkyl halides is 1. The first-order valence-electron chi connectivity index (χ1n) is 6.14. The van der Waals surface area contributed by atoms with Crippen LogP contribution in [0, 0.1) is 0 Å². The van der Waals surface area contributed by atoms with E-state index < -0.39 is 12.6 Å². The zero-order valence-corrected chi connectivity index (χ0v) is 11.7. The normalized spacial score (nSPS) is 12.2. The van der Waals surface area contributed by atoms with Gasteiger partial charge in [0.2, 0.25) is 0 Å². The molecule has 0 amide bonds. The Labute approximate surface area is 121 Å². The first-order chi connectivity index (χ1) is 9.63. The van der Waals surface area contributed by atoms with Gasteiger partial charge in [-0.25, -0.2) is 14.2 Å². The Kier molecular flexibility index (Phi) is 4.74. The van der Waals surface area contributed by atoms with E-state index in [0.717, 1.165) is 5.56 Å². The van der Waals surface area contributed by atoms with E-state index in [1.807, 2.05) is 19.1 Å². The molecule has 1 atom stereocenters. The van der Waals surface area contributed by atoms with Crippen LogP contribution in [0.15, 0.2) is 36.8 Å². The molecule has 0 bridgehead atoms. The summed E-state index contributed by atoms with van der Waals surface area (Å²) in [6.07, 6.45) is 2.96. The van der Waals surface area contributed by atoms with Crippen LogP contribution in [0.25, 0.3) is 0 Å². The average Bonchev–Trinajstić information content (AvgIpc) is 2.94. The third-order valence-electron chi connectivity index (χ3n) is 2.96. The van der Waals surface area contributed by atoms with Gasteiger partial charge in [-0.15, -0.1) is 0 Å². The number of esters is 1. The third kappa shape index (κ3) is 3.17. The molecule has 0 aliphatic carbocycles. The van der Waals surface area contributed by atoms with Gasteiger partial charge in [-0.05, 0) is 24.6 Å². The van der Waals surface area contributed by atoms with E-state index in [-0.39, 0.29) is 12.6 Å². The van der Waals surface area contributed by atoms with E-state index in [2.05, 4.69) is 4.98 Å². The number of rotatable bonds is 5. The fourth-order valence-corrected chi connectivity index (χ4v) is 2.00. The van der Waals surface area contributed by atoms with Gasteiger partial charge in [0, 0.05) is 5.02 Å². The molecule has 1 aromatic heterocycles. The zero-order chi connectivity index (χ0) is 14.5. The average molecular weight is 296 g/mol. The number of benzene rings is 1. The van der Waals surface area contributed by atoms with Crippen LogP contribution in [0.1, 0.15) is 29.0 Å². The van der Waals surface area contributed by atoms with Gasteiger partial charge in [-0.2, -0.15) is 0 Å². The molecule has 106 valence electrons. The van der Waals surface area contributed by atoms with Crippen LogP contribution < -0.4 is 0 Å². The Morgan fingerprint density at radius 2 is 2.15 bits per heavy atom. The van der Waals surface area contributed by atoms with E-state index >= 15 is 0 Å². The first kappa shape index (κ1) is 14.5. The smallest absolute Gasteiger partial charge is 0.356 e. The van der Waals surface area contributed by atoms with Crippen LogP contribution in [0.5, 0.6) is 0 Å². The van der Waals surface area contributed by atoms with Gasteiger partial charge < -0.3 is 9.30 Å². The van der Waals surface area contributed by atoms with Crippen molar-refractivity contribution in [3.05, 3.63) is 53.1 Å². The SMILES string of the molecule is C[C@H](c1ccc(Cl)cc1)n1cncc1C(=O)OCC[18F]. The fraction of sp³-hybridized carbons (Fsp3) is 0.286. The molecule has 0 fully saturated rings. The molecule has 4 nitrogen and oxygen atoms in total. The zero-order valence-electron chi connectivity index (χ0n) is 10.9. The van der Waals surface area contributed by atoms with Gasteiger partial charge in [0.25, 0.3) is 0 Å². The summed E-state index contributed by atoms with van der Waals surface area (Å²) in [5, 5.41) is 0.647. The monoisotopic (exact) mass is 295 g/mol. The molecule has 0 aliphatic rings. The quantitative estimate of drug-likeness (QED) is 0.795. The van der Waals surface area contributed by atoms with E-state index in [4.69, 9.17) is 16.3 Å². The molecule has 1 aromatic carbocycles. The van der Waals surface area contributed by atoms with Crippen molar-refractivity contribution in [3.63, 3.8) is 0 Å². The lowest BCUT2D eigenvalue weighted by Crippen LogP contribution is -2.16. The number of hydrogen-bond acceptors (Lipinski definition) is 3. The van der Waals surface area contributed by atoms with E-state index in [1.165, 1.54) is 6.20 Å². The lowest BCUT2D eigenvalue weighted by Gasteiger charge is -2.16. The number of imidazole rings is 1. The van der Waals surface area contributed by atoms with Crippen molar-refractivity contribution in [3.8, 4) is 0 Å². The van der Waals surface area contributed by atoms with Crippen molar-refractivity contribution >= 4 is 17.6 Å². The first-order valence-corrected chi connectivity index (χ1v) is 6.51. The minimum atomic E-state index is -0.702. The molecule has 0 saturated heterocycles. The molecule has 1 heterocycles. The Balaban J connectivity index is 2.22. The topological polar surface area (TPSA) is 44.1 Å². The highest BCUT2D eigenvalue weighted by Gasteiger charge is 2.18. The summed E-state index contributed by atoms with van der Waals surface area (Å²) < 4.78 is 18.5. The molecule has 0 radical (unpaired) electrons. The predicted molar refractivity (Wildman–Crippen MR) is 73.7 cm³/mol. The van der Waals surface area contributed by atoms with Crippen molar-refractivity contribution in [2.24, 2.45) is 0 Å². The Morgan fingerprint density at radius 1 is 1.45 bits per heavy atom. The third-order valence-corrected chi connectivity index (χ3v) is 3.21. The van der Waals surface area contributed by atoms with E-state index in [0.29, 0.717) is 10.7 Å². The molecule has 0 N–H and O–H groups in total. The molecular weight excluding hydrogens is 282 g/mol. The summed E-state index contributed by atoms with van der Waals surface area (Å²) >= 11 is 5.85. The van der Waals surface area contributed by atoms with Crippen LogP contribution in [0.3, 0.4) is 0 Å². The maximum absolute atomic E-state index is 12.0. The lowest BCUT2D eigenvalue weighted by molar-refractivity contribution is 0.0467. The standard InChI is InChI=1S/C14H14ClFN2O2/c1-10(11-2-4-12(15)5-3-11)18-9-17-8-13(18)14(19)20-7-6-16/h2-5,8-10H,6-7H2,1H3/t10-/m1/s1/i16-1. The van der Waals surface area contributed by atoms with Crippen molar-refractivity contribution in [2.75, 3.05) is 13.3 Å². The van der Waals surface area contributed by atoms with Crippen LogP contribution >= 0.6 is 11.6 Å². The summed E-state index contributed by atoms with van der Waals surface area (Å²) in [7, 11) is 0. The Morgan fingerprint density at radius 3 is 2.80 bits per heavy atom. The van der Waals surface area contributed by atoms with Crippen molar-refractivity contribution in [1.29, 1.82) is 0 Å². The second-order valence-electron chi connectivity index (χ2n) is 4.24. The number of ether oxygens (including phenoxy) is 1. The number of aromatic nitrogens is 2. The van der Waals surface area contributed by atoms with E-state index in [9.17, 15) is 9.18 Å². The largest absolute Gasteiger partial charge is 0.458 e. The van der Waals surface area contributed by atoms with Crippen LogP contribution in [-0.2, 0) is 4.74 Å². The summed E-state index contributed by atoms with van der Waals surface area (Å²) in [4.78, 5) is 15.8. The second kappa shape index (κ2) is 6.52. The molecule has 6 heteroatoms. The minimum Gasteiger partial charge on any atom is -0.458 e. The van der Waals surface area contributed by atoms with Gasteiger partial charge >= 0.3 is 5.97 Å². The van der Waals surface area contributed by atoms with Crippen LogP contribution in [0.2, 0.25) is 5.02 Å².